The van der Waals surface area contributed by atoms with Gasteiger partial charge in [0.1, 0.15) is 5.82 Å². The van der Waals surface area contributed by atoms with Crippen molar-refractivity contribution in [2.45, 2.75) is 38.0 Å². The Morgan fingerprint density at radius 3 is 2.60 bits per heavy atom. The zero-order valence-corrected chi connectivity index (χ0v) is 14.1. The lowest BCUT2D eigenvalue weighted by Gasteiger charge is -2.23. The number of benzene rings is 1. The van der Waals surface area contributed by atoms with Gasteiger partial charge in [0.15, 0.2) is 0 Å². The summed E-state index contributed by atoms with van der Waals surface area (Å²) in [7, 11) is -3.56. The number of hydrogen-bond acceptors (Lipinski definition) is 2. The van der Waals surface area contributed by atoms with Gasteiger partial charge in [-0.05, 0) is 58.8 Å². The molecule has 0 aromatic heterocycles. The lowest BCUT2D eigenvalue weighted by Crippen LogP contribution is -2.32. The molecule has 1 aromatic carbocycles. The van der Waals surface area contributed by atoms with Gasteiger partial charge in [-0.1, -0.05) is 13.8 Å². The highest BCUT2D eigenvalue weighted by Gasteiger charge is 2.31. The molecule has 0 atom stereocenters. The first-order valence-corrected chi connectivity index (χ1v) is 8.91. The maximum Gasteiger partial charge on any atom is 0.244 e. The first kappa shape index (κ1) is 15.9. The van der Waals surface area contributed by atoms with Crippen LogP contribution in [0.2, 0.25) is 0 Å². The minimum atomic E-state index is -3.56. The first-order valence-electron chi connectivity index (χ1n) is 6.68. The fraction of sp³-hybridized carbons (Fsp3) is 0.571. The smallest absolute Gasteiger partial charge is 0.207 e. The monoisotopic (exact) mass is 363 g/mol. The molecule has 1 heterocycles. The minimum absolute atomic E-state index is 0.138. The average Bonchev–Trinajstić information content (AvgIpc) is 2.50. The van der Waals surface area contributed by atoms with E-state index in [1.807, 2.05) is 0 Å². The highest BCUT2D eigenvalue weighted by atomic mass is 79.9. The van der Waals surface area contributed by atoms with Crippen LogP contribution < -0.4 is 0 Å². The summed E-state index contributed by atoms with van der Waals surface area (Å²) in [6.45, 7) is 5.36. The number of halogens is 2. The molecule has 1 saturated heterocycles. The van der Waals surface area contributed by atoms with Crippen LogP contribution in [0.25, 0.3) is 0 Å². The molecule has 0 amide bonds. The molecule has 0 unspecified atom stereocenters. The van der Waals surface area contributed by atoms with Gasteiger partial charge in [-0.2, -0.15) is 4.31 Å². The third-order valence-corrected chi connectivity index (χ3v) is 6.69. The fourth-order valence-electron chi connectivity index (χ4n) is 2.46. The van der Waals surface area contributed by atoms with Crippen LogP contribution in [-0.4, -0.2) is 25.8 Å². The SMILES string of the molecule is CC1(C)CCCN(S(=O)(=O)c2ccc(F)cc2Br)CC1. The van der Waals surface area contributed by atoms with Crippen molar-refractivity contribution in [2.24, 2.45) is 5.41 Å². The predicted octanol–water partition coefficient (Wildman–Crippen LogP) is 3.79. The Kier molecular flexibility index (Phi) is 4.56. The van der Waals surface area contributed by atoms with E-state index >= 15 is 0 Å². The fourth-order valence-corrected chi connectivity index (χ4v) is 4.95. The maximum absolute atomic E-state index is 13.1. The Labute approximate surface area is 128 Å². The van der Waals surface area contributed by atoms with Gasteiger partial charge in [0.25, 0.3) is 0 Å². The van der Waals surface area contributed by atoms with Gasteiger partial charge < -0.3 is 0 Å². The van der Waals surface area contributed by atoms with E-state index in [9.17, 15) is 12.8 Å². The summed E-state index contributed by atoms with van der Waals surface area (Å²) in [6.07, 6.45) is 2.71. The Bertz CT molecular complexity index is 601. The van der Waals surface area contributed by atoms with Gasteiger partial charge >= 0.3 is 0 Å². The van der Waals surface area contributed by atoms with Crippen LogP contribution in [0.15, 0.2) is 27.6 Å². The molecule has 0 N–H and O–H groups in total. The van der Waals surface area contributed by atoms with Crippen LogP contribution >= 0.6 is 15.9 Å². The van der Waals surface area contributed by atoms with E-state index in [2.05, 4.69) is 29.8 Å². The number of rotatable bonds is 2. The molecule has 6 heteroatoms. The van der Waals surface area contributed by atoms with Crippen LogP contribution in [0.4, 0.5) is 4.39 Å². The van der Waals surface area contributed by atoms with E-state index < -0.39 is 15.8 Å². The molecular formula is C14H19BrFNO2S. The van der Waals surface area contributed by atoms with Crippen LogP contribution in [0, 0.1) is 11.2 Å². The zero-order valence-electron chi connectivity index (χ0n) is 11.7. The van der Waals surface area contributed by atoms with Crippen LogP contribution in [0.3, 0.4) is 0 Å². The quantitative estimate of drug-likeness (QED) is 0.801. The molecule has 3 nitrogen and oxygen atoms in total. The highest BCUT2D eigenvalue weighted by molar-refractivity contribution is 9.10. The second-order valence-electron chi connectivity index (χ2n) is 6.00. The number of nitrogens with zero attached hydrogens (tertiary/aromatic N) is 1. The summed E-state index contributed by atoms with van der Waals surface area (Å²) >= 11 is 3.15. The van der Waals surface area contributed by atoms with Gasteiger partial charge in [-0.3, -0.25) is 0 Å². The molecule has 1 aliphatic rings. The van der Waals surface area contributed by atoms with E-state index in [1.165, 1.54) is 22.5 Å². The third kappa shape index (κ3) is 3.40. The highest BCUT2D eigenvalue weighted by Crippen LogP contribution is 2.33. The normalized spacial score (nSPS) is 20.6. The Hall–Kier alpha value is -0.460. The Morgan fingerprint density at radius 1 is 1.25 bits per heavy atom. The molecule has 1 aromatic rings. The molecule has 0 saturated carbocycles. The van der Waals surface area contributed by atoms with Crippen molar-refractivity contribution in [3.8, 4) is 0 Å². The van der Waals surface area contributed by atoms with E-state index in [4.69, 9.17) is 0 Å². The molecule has 0 radical (unpaired) electrons. The van der Waals surface area contributed by atoms with Crippen LogP contribution in [0.1, 0.15) is 33.1 Å². The predicted molar refractivity (Wildman–Crippen MR) is 80.5 cm³/mol. The zero-order chi connectivity index (χ0) is 15.0. The Morgan fingerprint density at radius 2 is 1.95 bits per heavy atom. The topological polar surface area (TPSA) is 37.4 Å². The Balaban J connectivity index is 2.30. The van der Waals surface area contributed by atoms with Crippen molar-refractivity contribution < 1.29 is 12.8 Å². The van der Waals surface area contributed by atoms with Crippen molar-refractivity contribution in [1.29, 1.82) is 0 Å². The van der Waals surface area contributed by atoms with E-state index in [1.54, 1.807) is 0 Å². The van der Waals surface area contributed by atoms with Crippen molar-refractivity contribution in [3.05, 3.63) is 28.5 Å². The average molecular weight is 364 g/mol. The number of sulfonamides is 1. The largest absolute Gasteiger partial charge is 0.244 e. The molecule has 0 bridgehead atoms. The molecule has 1 fully saturated rings. The molecule has 0 aliphatic carbocycles. The molecule has 0 spiro atoms. The van der Waals surface area contributed by atoms with Crippen LogP contribution in [0.5, 0.6) is 0 Å². The summed E-state index contributed by atoms with van der Waals surface area (Å²) < 4.78 is 40.2. The van der Waals surface area contributed by atoms with E-state index in [-0.39, 0.29) is 14.8 Å². The van der Waals surface area contributed by atoms with Crippen molar-refractivity contribution in [2.75, 3.05) is 13.1 Å². The van der Waals surface area contributed by atoms with Gasteiger partial charge in [0.05, 0.1) is 4.90 Å². The van der Waals surface area contributed by atoms with Crippen LogP contribution in [-0.2, 0) is 10.0 Å². The first-order chi connectivity index (χ1) is 9.22. The maximum atomic E-state index is 13.1. The van der Waals surface area contributed by atoms with Gasteiger partial charge in [0, 0.05) is 17.6 Å². The summed E-state index contributed by atoms with van der Waals surface area (Å²) in [5.74, 6) is -0.451. The standard InChI is InChI=1S/C14H19BrFNO2S/c1-14(2)6-3-8-17(9-7-14)20(18,19)13-5-4-11(16)10-12(13)15/h4-5,10H,3,6-9H2,1-2H3. The summed E-state index contributed by atoms with van der Waals surface area (Å²) in [4.78, 5) is 0.138. The molecule has 112 valence electrons. The molecule has 2 rings (SSSR count). The van der Waals surface area contributed by atoms with Crippen molar-refractivity contribution in [1.82, 2.24) is 4.31 Å². The molecule has 1 aliphatic heterocycles. The van der Waals surface area contributed by atoms with E-state index in [0.717, 1.165) is 19.3 Å². The van der Waals surface area contributed by atoms with Crippen molar-refractivity contribution in [3.63, 3.8) is 0 Å². The van der Waals surface area contributed by atoms with Gasteiger partial charge in [-0.15, -0.1) is 0 Å². The third-order valence-electron chi connectivity index (χ3n) is 3.81. The molecule has 20 heavy (non-hydrogen) atoms. The minimum Gasteiger partial charge on any atom is -0.207 e. The number of hydrogen-bond donors (Lipinski definition) is 0. The van der Waals surface area contributed by atoms with Crippen molar-refractivity contribution >= 4 is 26.0 Å². The van der Waals surface area contributed by atoms with Gasteiger partial charge in [0.2, 0.25) is 10.0 Å². The lowest BCUT2D eigenvalue weighted by atomic mass is 9.85. The van der Waals surface area contributed by atoms with E-state index in [0.29, 0.717) is 13.1 Å². The van der Waals surface area contributed by atoms with Gasteiger partial charge in [-0.25, -0.2) is 12.8 Å². The second kappa shape index (κ2) is 5.73. The molecular weight excluding hydrogens is 345 g/mol. The summed E-state index contributed by atoms with van der Waals surface area (Å²) in [6, 6.07) is 3.69. The summed E-state index contributed by atoms with van der Waals surface area (Å²) in [5.41, 5.74) is 0.171. The summed E-state index contributed by atoms with van der Waals surface area (Å²) in [5, 5.41) is 0. The lowest BCUT2D eigenvalue weighted by molar-refractivity contribution is 0.315. The second-order valence-corrected chi connectivity index (χ2v) is 8.76.